The number of hydrogen-bond acceptors (Lipinski definition) is 4. The van der Waals surface area contributed by atoms with Crippen LogP contribution in [0.25, 0.3) is 22.3 Å². The van der Waals surface area contributed by atoms with Crippen molar-refractivity contribution in [3.8, 4) is 22.8 Å². The van der Waals surface area contributed by atoms with Crippen LogP contribution in [-0.4, -0.2) is 29.0 Å². The lowest BCUT2D eigenvalue weighted by molar-refractivity contribution is 0.355. The normalized spacial score (nSPS) is 11.0. The van der Waals surface area contributed by atoms with Crippen LogP contribution in [0, 0.1) is 6.92 Å². The van der Waals surface area contributed by atoms with Crippen LogP contribution in [0.15, 0.2) is 24.4 Å². The first kappa shape index (κ1) is 14.7. The average molecular weight is 318 g/mol. The molecule has 2 heterocycles. The Morgan fingerprint density at radius 1 is 1.18 bits per heavy atom. The summed E-state index contributed by atoms with van der Waals surface area (Å²) in [4.78, 5) is 4.65. The van der Waals surface area contributed by atoms with E-state index >= 15 is 0 Å². The SMILES string of the molecule is COc1ccc(-c2cc(C)c3c(cnn3C)n2)c(Cl)c1OC. The van der Waals surface area contributed by atoms with Crippen molar-refractivity contribution < 1.29 is 9.47 Å². The van der Waals surface area contributed by atoms with E-state index in [9.17, 15) is 0 Å². The first-order chi connectivity index (χ1) is 10.6. The number of halogens is 1. The van der Waals surface area contributed by atoms with E-state index in [-0.39, 0.29) is 0 Å². The van der Waals surface area contributed by atoms with Gasteiger partial charge in [-0.25, -0.2) is 4.98 Å². The zero-order valence-corrected chi connectivity index (χ0v) is 13.6. The van der Waals surface area contributed by atoms with Crippen molar-refractivity contribution >= 4 is 22.6 Å². The lowest BCUT2D eigenvalue weighted by atomic mass is 10.1. The number of nitrogens with zero attached hydrogens (tertiary/aromatic N) is 3. The van der Waals surface area contributed by atoms with Gasteiger partial charge in [0.2, 0.25) is 0 Å². The third-order valence-corrected chi connectivity index (χ3v) is 4.02. The predicted octanol–water partition coefficient (Wildman–Crippen LogP) is 3.61. The van der Waals surface area contributed by atoms with Crippen LogP contribution in [0.2, 0.25) is 5.02 Å². The van der Waals surface area contributed by atoms with E-state index in [0.29, 0.717) is 16.5 Å². The number of benzene rings is 1. The highest BCUT2D eigenvalue weighted by atomic mass is 35.5. The van der Waals surface area contributed by atoms with Gasteiger partial charge in [-0.2, -0.15) is 5.10 Å². The van der Waals surface area contributed by atoms with Crippen LogP contribution >= 0.6 is 11.6 Å². The summed E-state index contributed by atoms with van der Waals surface area (Å²) < 4.78 is 12.4. The molecule has 0 aliphatic rings. The molecule has 0 saturated heterocycles. The van der Waals surface area contributed by atoms with Crippen molar-refractivity contribution in [2.24, 2.45) is 7.05 Å². The van der Waals surface area contributed by atoms with Crippen LogP contribution < -0.4 is 9.47 Å². The second-order valence-corrected chi connectivity index (χ2v) is 5.37. The number of aromatic nitrogens is 3. The predicted molar refractivity (Wildman–Crippen MR) is 86.8 cm³/mol. The second-order valence-electron chi connectivity index (χ2n) is 4.99. The summed E-state index contributed by atoms with van der Waals surface area (Å²) >= 11 is 6.47. The zero-order valence-electron chi connectivity index (χ0n) is 12.8. The Morgan fingerprint density at radius 2 is 1.95 bits per heavy atom. The molecule has 0 bridgehead atoms. The van der Waals surface area contributed by atoms with Crippen LogP contribution in [0.1, 0.15) is 5.56 Å². The molecule has 0 spiro atoms. The van der Waals surface area contributed by atoms with Crippen molar-refractivity contribution in [2.75, 3.05) is 14.2 Å². The van der Waals surface area contributed by atoms with E-state index in [1.807, 2.05) is 36.9 Å². The molecular weight excluding hydrogens is 302 g/mol. The molecule has 2 aromatic heterocycles. The summed E-state index contributed by atoms with van der Waals surface area (Å²) in [6.45, 7) is 2.03. The maximum atomic E-state index is 6.47. The topological polar surface area (TPSA) is 49.2 Å². The number of fused-ring (bicyclic) bond motifs is 1. The standard InChI is InChI=1S/C16H16ClN3O2/c1-9-7-11(19-12-8-18-20(2)15(9)12)10-5-6-13(21-3)16(22-4)14(10)17/h5-8H,1-4H3. The summed E-state index contributed by atoms with van der Waals surface area (Å²) in [7, 11) is 5.05. The molecule has 0 unspecified atom stereocenters. The fourth-order valence-electron chi connectivity index (χ4n) is 2.63. The van der Waals surface area contributed by atoms with Crippen LogP contribution in [0.5, 0.6) is 11.5 Å². The lowest BCUT2D eigenvalue weighted by Gasteiger charge is -2.13. The Balaban J connectivity index is 2.23. The first-order valence-electron chi connectivity index (χ1n) is 6.77. The number of rotatable bonds is 3. The Bertz CT molecular complexity index is 858. The van der Waals surface area contributed by atoms with Gasteiger partial charge in [-0.3, -0.25) is 4.68 Å². The fourth-order valence-corrected chi connectivity index (χ4v) is 2.96. The van der Waals surface area contributed by atoms with Crippen molar-refractivity contribution in [3.05, 3.63) is 35.0 Å². The molecule has 1 aromatic carbocycles. The second kappa shape index (κ2) is 5.50. The molecule has 22 heavy (non-hydrogen) atoms. The largest absolute Gasteiger partial charge is 0.493 e. The number of aryl methyl sites for hydroxylation is 2. The minimum atomic E-state index is 0.483. The first-order valence-corrected chi connectivity index (χ1v) is 7.14. The molecule has 0 atom stereocenters. The zero-order chi connectivity index (χ0) is 15.9. The summed E-state index contributed by atoms with van der Waals surface area (Å²) in [5, 5.41) is 4.73. The molecule has 0 fully saturated rings. The van der Waals surface area contributed by atoms with E-state index in [4.69, 9.17) is 21.1 Å². The number of hydrogen-bond donors (Lipinski definition) is 0. The molecule has 0 aliphatic heterocycles. The molecule has 3 rings (SSSR count). The quantitative estimate of drug-likeness (QED) is 0.740. The molecule has 114 valence electrons. The minimum absolute atomic E-state index is 0.483. The Morgan fingerprint density at radius 3 is 2.64 bits per heavy atom. The van der Waals surface area contributed by atoms with E-state index in [0.717, 1.165) is 27.9 Å². The number of pyridine rings is 1. The molecule has 0 N–H and O–H groups in total. The van der Waals surface area contributed by atoms with Gasteiger partial charge in [0, 0.05) is 12.6 Å². The fraction of sp³-hybridized carbons (Fsp3) is 0.250. The van der Waals surface area contributed by atoms with Crippen LogP contribution in [0.3, 0.4) is 0 Å². The van der Waals surface area contributed by atoms with E-state index in [1.54, 1.807) is 20.4 Å². The van der Waals surface area contributed by atoms with Gasteiger partial charge in [0.05, 0.1) is 36.6 Å². The molecule has 0 radical (unpaired) electrons. The third-order valence-electron chi connectivity index (χ3n) is 3.65. The van der Waals surface area contributed by atoms with Crippen LogP contribution in [0.4, 0.5) is 0 Å². The summed E-state index contributed by atoms with van der Waals surface area (Å²) in [6.07, 6.45) is 1.75. The lowest BCUT2D eigenvalue weighted by Crippen LogP contribution is -1.96. The Kier molecular flexibility index (Phi) is 3.66. The van der Waals surface area contributed by atoms with Crippen molar-refractivity contribution in [2.45, 2.75) is 6.92 Å². The average Bonchev–Trinajstić information content (AvgIpc) is 2.88. The molecule has 0 saturated carbocycles. The van der Waals surface area contributed by atoms with Crippen molar-refractivity contribution in [1.29, 1.82) is 0 Å². The highest BCUT2D eigenvalue weighted by Gasteiger charge is 2.17. The van der Waals surface area contributed by atoms with Gasteiger partial charge in [-0.05, 0) is 30.7 Å². The molecule has 6 heteroatoms. The molecule has 0 aliphatic carbocycles. The maximum Gasteiger partial charge on any atom is 0.180 e. The van der Waals surface area contributed by atoms with E-state index in [2.05, 4.69) is 10.1 Å². The van der Waals surface area contributed by atoms with Gasteiger partial charge in [0.1, 0.15) is 5.52 Å². The molecule has 3 aromatic rings. The smallest absolute Gasteiger partial charge is 0.180 e. The minimum Gasteiger partial charge on any atom is -0.493 e. The number of ether oxygens (including phenoxy) is 2. The van der Waals surface area contributed by atoms with Gasteiger partial charge >= 0.3 is 0 Å². The van der Waals surface area contributed by atoms with E-state index < -0.39 is 0 Å². The summed E-state index contributed by atoms with van der Waals surface area (Å²) in [5.41, 5.74) is 4.52. The summed E-state index contributed by atoms with van der Waals surface area (Å²) in [6, 6.07) is 5.70. The Labute approximate surface area is 133 Å². The third kappa shape index (κ3) is 2.18. The van der Waals surface area contributed by atoms with Gasteiger partial charge < -0.3 is 9.47 Å². The molecular formula is C16H16ClN3O2. The number of methoxy groups -OCH3 is 2. The Hall–Kier alpha value is -2.27. The maximum absolute atomic E-state index is 6.47. The molecule has 5 nitrogen and oxygen atoms in total. The van der Waals surface area contributed by atoms with Crippen molar-refractivity contribution in [3.63, 3.8) is 0 Å². The molecule has 0 amide bonds. The van der Waals surface area contributed by atoms with Gasteiger partial charge in [0.15, 0.2) is 11.5 Å². The van der Waals surface area contributed by atoms with E-state index in [1.165, 1.54) is 0 Å². The van der Waals surface area contributed by atoms with Crippen LogP contribution in [-0.2, 0) is 7.05 Å². The highest BCUT2D eigenvalue weighted by molar-refractivity contribution is 6.35. The van der Waals surface area contributed by atoms with Gasteiger partial charge in [-0.15, -0.1) is 0 Å². The monoisotopic (exact) mass is 317 g/mol. The highest BCUT2D eigenvalue weighted by Crippen LogP contribution is 2.41. The van der Waals surface area contributed by atoms with Gasteiger partial charge in [0.25, 0.3) is 0 Å². The van der Waals surface area contributed by atoms with Gasteiger partial charge in [-0.1, -0.05) is 11.6 Å². The summed E-state index contributed by atoms with van der Waals surface area (Å²) in [5.74, 6) is 1.10. The van der Waals surface area contributed by atoms with Crippen molar-refractivity contribution in [1.82, 2.24) is 14.8 Å².